The third-order valence-corrected chi connectivity index (χ3v) is 6.72. The highest BCUT2D eigenvalue weighted by molar-refractivity contribution is 6.30. The molecule has 2 aliphatic rings. The van der Waals surface area contributed by atoms with Crippen LogP contribution in [0.25, 0.3) is 0 Å². The number of benzene rings is 1. The second kappa shape index (κ2) is 9.17. The van der Waals surface area contributed by atoms with Gasteiger partial charge >= 0.3 is 0 Å². The maximum atomic E-state index is 14.1. The van der Waals surface area contributed by atoms with Crippen LogP contribution in [0.5, 0.6) is 0 Å². The molecule has 8 heteroatoms. The van der Waals surface area contributed by atoms with Gasteiger partial charge in [0.25, 0.3) is 5.91 Å². The van der Waals surface area contributed by atoms with Gasteiger partial charge in [0, 0.05) is 33.8 Å². The first-order valence-corrected chi connectivity index (χ1v) is 11.9. The summed E-state index contributed by atoms with van der Waals surface area (Å²) in [5.41, 5.74) is 3.53. The maximum Gasteiger partial charge on any atom is 0.270 e. The summed E-state index contributed by atoms with van der Waals surface area (Å²) in [7, 11) is 0. The number of carbonyl (C=O) groups excluding carboxylic acids is 1. The van der Waals surface area contributed by atoms with Gasteiger partial charge in [0.05, 0.1) is 37.1 Å². The molecule has 0 unspecified atom stereocenters. The summed E-state index contributed by atoms with van der Waals surface area (Å²) in [4.78, 5) is 22.3. The number of aryl methyl sites for hydroxylation is 1. The molecule has 5 rings (SSSR count). The van der Waals surface area contributed by atoms with E-state index in [0.29, 0.717) is 28.4 Å². The molecule has 0 spiro atoms. The lowest BCUT2D eigenvalue weighted by Crippen LogP contribution is -2.31. The Morgan fingerprint density at radius 3 is 2.83 bits per heavy atom. The first-order valence-electron chi connectivity index (χ1n) is 11.5. The Kier molecular flexibility index (Phi) is 6.05. The van der Waals surface area contributed by atoms with Gasteiger partial charge in [-0.2, -0.15) is 5.26 Å². The molecule has 1 aliphatic heterocycles. The number of hydrogen-bond donors (Lipinski definition) is 1. The van der Waals surface area contributed by atoms with Gasteiger partial charge in [-0.3, -0.25) is 4.79 Å². The number of rotatable bonds is 5. The SMILES string of the molecule is Cc1cc(C#CC2(CC#N)CC2)cc(C(=O)N[C@H](c2ccc(Cl)cc2)c2ncn3c2C[C@@H](F)C3)n1. The average Bonchev–Trinajstić information content (AvgIpc) is 3.34. The molecular weight excluding hydrogens is 465 g/mol. The van der Waals surface area contributed by atoms with Gasteiger partial charge < -0.3 is 9.88 Å². The van der Waals surface area contributed by atoms with Crippen LogP contribution in [0.15, 0.2) is 42.7 Å². The zero-order chi connectivity index (χ0) is 24.6. The molecule has 1 saturated carbocycles. The number of halogens is 2. The molecule has 6 nitrogen and oxygen atoms in total. The topological polar surface area (TPSA) is 83.6 Å². The average molecular weight is 488 g/mol. The summed E-state index contributed by atoms with van der Waals surface area (Å²) in [6.45, 7) is 2.07. The number of carbonyl (C=O) groups is 1. The predicted molar refractivity (Wildman–Crippen MR) is 129 cm³/mol. The molecule has 1 aliphatic carbocycles. The molecule has 2 aromatic heterocycles. The number of imidazole rings is 1. The molecule has 35 heavy (non-hydrogen) atoms. The van der Waals surface area contributed by atoms with Crippen molar-refractivity contribution < 1.29 is 9.18 Å². The van der Waals surface area contributed by atoms with E-state index in [1.807, 2.05) is 25.1 Å². The van der Waals surface area contributed by atoms with Crippen molar-refractivity contribution in [2.24, 2.45) is 5.41 Å². The van der Waals surface area contributed by atoms with Gasteiger partial charge in [-0.1, -0.05) is 35.6 Å². The summed E-state index contributed by atoms with van der Waals surface area (Å²) in [5.74, 6) is 5.96. The molecule has 0 saturated heterocycles. The van der Waals surface area contributed by atoms with Gasteiger partial charge in [0.15, 0.2) is 0 Å². The minimum absolute atomic E-state index is 0.218. The number of aromatic nitrogens is 3. The Morgan fingerprint density at radius 2 is 2.11 bits per heavy atom. The van der Waals surface area contributed by atoms with Crippen LogP contribution in [0.3, 0.4) is 0 Å². The quantitative estimate of drug-likeness (QED) is 0.529. The monoisotopic (exact) mass is 487 g/mol. The zero-order valence-corrected chi connectivity index (χ0v) is 19.9. The number of fused-ring (bicyclic) bond motifs is 1. The lowest BCUT2D eigenvalue weighted by molar-refractivity contribution is 0.0937. The van der Waals surface area contributed by atoms with E-state index >= 15 is 0 Å². The number of alkyl halides is 1. The Hall–Kier alpha value is -3.68. The summed E-state index contributed by atoms with van der Waals surface area (Å²) in [6, 6.07) is 12.2. The fraction of sp³-hybridized carbons (Fsp3) is 0.333. The standard InChI is InChI=1S/C27H23ClFN5O/c1-17-12-18(6-7-27(8-9-27)10-11-30)13-22(32-17)26(35)33-24(19-2-4-20(28)5-3-19)25-23-14-21(29)15-34(23)16-31-25/h2-5,12-13,16,21,24H,8-10,14-15H2,1H3,(H,33,35)/t21-,24-/m1/s1. The number of nitrogens with zero attached hydrogens (tertiary/aromatic N) is 4. The minimum Gasteiger partial charge on any atom is -0.338 e. The van der Waals surface area contributed by atoms with Crippen LogP contribution in [0, 0.1) is 35.5 Å². The van der Waals surface area contributed by atoms with Crippen LogP contribution < -0.4 is 5.32 Å². The molecular formula is C27H23ClFN5O. The number of nitrogens with one attached hydrogen (secondary N) is 1. The lowest BCUT2D eigenvalue weighted by atomic mass is 10.0. The van der Waals surface area contributed by atoms with Gasteiger partial charge in [-0.05, 0) is 49.6 Å². The Bertz CT molecular complexity index is 1390. The first kappa shape index (κ1) is 23.1. The van der Waals surface area contributed by atoms with Crippen LogP contribution in [0.1, 0.15) is 64.0 Å². The molecule has 1 aromatic carbocycles. The highest BCUT2D eigenvalue weighted by atomic mass is 35.5. The Balaban J connectivity index is 1.45. The van der Waals surface area contributed by atoms with Crippen LogP contribution in [-0.4, -0.2) is 26.6 Å². The van der Waals surface area contributed by atoms with Gasteiger partial charge in [-0.15, -0.1) is 0 Å². The van der Waals surface area contributed by atoms with Crippen LogP contribution in [0.2, 0.25) is 5.02 Å². The maximum absolute atomic E-state index is 14.1. The fourth-order valence-corrected chi connectivity index (χ4v) is 4.54. The molecule has 2 atom stereocenters. The summed E-state index contributed by atoms with van der Waals surface area (Å²) < 4.78 is 15.9. The summed E-state index contributed by atoms with van der Waals surface area (Å²) in [5, 5.41) is 12.6. The van der Waals surface area contributed by atoms with Crippen molar-refractivity contribution in [1.29, 1.82) is 5.26 Å². The largest absolute Gasteiger partial charge is 0.338 e. The molecule has 3 heterocycles. The second-order valence-electron chi connectivity index (χ2n) is 9.24. The van der Waals surface area contributed by atoms with E-state index in [9.17, 15) is 9.18 Å². The number of amides is 1. The summed E-state index contributed by atoms with van der Waals surface area (Å²) in [6.07, 6.45) is 3.15. The van der Waals surface area contributed by atoms with Gasteiger partial charge in [0.2, 0.25) is 0 Å². The smallest absolute Gasteiger partial charge is 0.270 e. The molecule has 176 valence electrons. The second-order valence-corrected chi connectivity index (χ2v) is 9.67. The van der Waals surface area contributed by atoms with E-state index in [1.54, 1.807) is 29.1 Å². The predicted octanol–water partition coefficient (Wildman–Crippen LogP) is 4.70. The van der Waals surface area contributed by atoms with Gasteiger partial charge in [-0.25, -0.2) is 14.4 Å². The highest BCUT2D eigenvalue weighted by Crippen LogP contribution is 2.47. The number of nitriles is 1. The number of hydrogen-bond acceptors (Lipinski definition) is 4. The third kappa shape index (κ3) is 4.92. The van der Waals surface area contributed by atoms with E-state index in [2.05, 4.69) is 33.2 Å². The molecule has 1 fully saturated rings. The zero-order valence-electron chi connectivity index (χ0n) is 19.2. The Morgan fingerprint density at radius 1 is 1.34 bits per heavy atom. The third-order valence-electron chi connectivity index (χ3n) is 6.47. The number of pyridine rings is 1. The highest BCUT2D eigenvalue weighted by Gasteiger charge is 2.40. The summed E-state index contributed by atoms with van der Waals surface area (Å²) >= 11 is 6.08. The molecule has 1 N–H and O–H groups in total. The van der Waals surface area contributed by atoms with Crippen LogP contribution in [0.4, 0.5) is 4.39 Å². The molecule has 1 amide bonds. The molecule has 0 bridgehead atoms. The first-order chi connectivity index (χ1) is 16.9. The minimum atomic E-state index is -0.969. The van der Waals surface area contributed by atoms with Crippen molar-refractivity contribution in [1.82, 2.24) is 19.9 Å². The molecule has 0 radical (unpaired) electrons. The van der Waals surface area contributed by atoms with E-state index in [4.69, 9.17) is 16.9 Å². The van der Waals surface area contributed by atoms with Crippen molar-refractivity contribution in [3.63, 3.8) is 0 Å². The van der Waals surface area contributed by atoms with Gasteiger partial charge in [0.1, 0.15) is 11.9 Å². The van der Waals surface area contributed by atoms with E-state index in [0.717, 1.165) is 24.1 Å². The van der Waals surface area contributed by atoms with Crippen molar-refractivity contribution in [2.75, 3.05) is 0 Å². The van der Waals surface area contributed by atoms with Crippen LogP contribution in [-0.2, 0) is 13.0 Å². The van der Waals surface area contributed by atoms with Crippen molar-refractivity contribution in [3.05, 3.63) is 81.7 Å². The van der Waals surface area contributed by atoms with E-state index in [-0.39, 0.29) is 30.0 Å². The lowest BCUT2D eigenvalue weighted by Gasteiger charge is -2.19. The van der Waals surface area contributed by atoms with Crippen molar-refractivity contribution >= 4 is 17.5 Å². The normalized spacial score (nSPS) is 18.1. The van der Waals surface area contributed by atoms with Crippen LogP contribution >= 0.6 is 11.6 Å². The Labute approximate surface area is 208 Å². The van der Waals surface area contributed by atoms with E-state index in [1.165, 1.54) is 0 Å². The molecule has 3 aromatic rings. The fourth-order valence-electron chi connectivity index (χ4n) is 4.41. The van der Waals surface area contributed by atoms with Crippen molar-refractivity contribution in [2.45, 2.75) is 51.4 Å². The van der Waals surface area contributed by atoms with Crippen molar-refractivity contribution in [3.8, 4) is 17.9 Å². The van der Waals surface area contributed by atoms with E-state index < -0.39 is 12.2 Å².